The van der Waals surface area contributed by atoms with Crippen molar-refractivity contribution in [2.24, 2.45) is 0 Å². The molecule has 2 rings (SSSR count). The van der Waals surface area contributed by atoms with Gasteiger partial charge in [-0.1, -0.05) is 12.1 Å². The highest BCUT2D eigenvalue weighted by Crippen LogP contribution is 2.28. The lowest BCUT2D eigenvalue weighted by Crippen LogP contribution is -2.10. The standard InChI is InChI=1S/C14H20O2/c1-15-9-11-7-8-12(10-16-2)14-6-4-3-5-13(11)14/h7-8H,3-6,9-10H2,1-2H3. The minimum atomic E-state index is 0.732. The number of ether oxygens (including phenoxy) is 2. The summed E-state index contributed by atoms with van der Waals surface area (Å²) in [6.45, 7) is 1.46. The van der Waals surface area contributed by atoms with Gasteiger partial charge in [0.05, 0.1) is 13.2 Å². The van der Waals surface area contributed by atoms with E-state index in [2.05, 4.69) is 12.1 Å². The molecule has 16 heavy (non-hydrogen) atoms. The molecule has 2 heteroatoms. The first-order valence-electron chi connectivity index (χ1n) is 5.97. The first-order valence-corrected chi connectivity index (χ1v) is 5.97. The molecule has 0 aliphatic heterocycles. The number of methoxy groups -OCH3 is 2. The Morgan fingerprint density at radius 3 is 1.69 bits per heavy atom. The van der Waals surface area contributed by atoms with E-state index in [1.165, 1.54) is 47.9 Å². The Hall–Kier alpha value is -0.860. The van der Waals surface area contributed by atoms with Crippen LogP contribution in [0.25, 0.3) is 0 Å². The highest BCUT2D eigenvalue weighted by atomic mass is 16.5. The van der Waals surface area contributed by atoms with Crippen molar-refractivity contribution < 1.29 is 9.47 Å². The van der Waals surface area contributed by atoms with Crippen LogP contribution in [-0.4, -0.2) is 14.2 Å². The lowest BCUT2D eigenvalue weighted by atomic mass is 9.85. The summed E-state index contributed by atoms with van der Waals surface area (Å²) in [6, 6.07) is 4.39. The predicted molar refractivity (Wildman–Crippen MR) is 64.5 cm³/mol. The van der Waals surface area contributed by atoms with Gasteiger partial charge in [-0.15, -0.1) is 0 Å². The Morgan fingerprint density at radius 2 is 1.31 bits per heavy atom. The molecule has 0 spiro atoms. The van der Waals surface area contributed by atoms with Gasteiger partial charge in [-0.05, 0) is 47.9 Å². The van der Waals surface area contributed by atoms with Crippen LogP contribution in [-0.2, 0) is 35.5 Å². The summed E-state index contributed by atoms with van der Waals surface area (Å²) in [5.74, 6) is 0. The lowest BCUT2D eigenvalue weighted by molar-refractivity contribution is 0.180. The number of rotatable bonds is 4. The lowest BCUT2D eigenvalue weighted by Gasteiger charge is -2.22. The van der Waals surface area contributed by atoms with E-state index < -0.39 is 0 Å². The van der Waals surface area contributed by atoms with Gasteiger partial charge in [-0.25, -0.2) is 0 Å². The van der Waals surface area contributed by atoms with E-state index >= 15 is 0 Å². The number of benzene rings is 1. The van der Waals surface area contributed by atoms with Crippen molar-refractivity contribution in [1.82, 2.24) is 0 Å². The summed E-state index contributed by atoms with van der Waals surface area (Å²) in [7, 11) is 3.52. The van der Waals surface area contributed by atoms with Crippen molar-refractivity contribution in [1.29, 1.82) is 0 Å². The van der Waals surface area contributed by atoms with Crippen LogP contribution >= 0.6 is 0 Å². The third kappa shape index (κ3) is 2.28. The second-order valence-electron chi connectivity index (χ2n) is 4.41. The topological polar surface area (TPSA) is 18.5 Å². The van der Waals surface area contributed by atoms with Crippen molar-refractivity contribution in [2.75, 3.05) is 14.2 Å². The van der Waals surface area contributed by atoms with Crippen LogP contribution in [0, 0.1) is 0 Å². The highest BCUT2D eigenvalue weighted by Gasteiger charge is 2.16. The monoisotopic (exact) mass is 220 g/mol. The maximum atomic E-state index is 5.26. The van der Waals surface area contributed by atoms with Crippen LogP contribution in [0.5, 0.6) is 0 Å². The van der Waals surface area contributed by atoms with Gasteiger partial charge in [0.2, 0.25) is 0 Å². The minimum absolute atomic E-state index is 0.732. The molecule has 0 amide bonds. The molecule has 0 bridgehead atoms. The van der Waals surface area contributed by atoms with Crippen LogP contribution in [0.2, 0.25) is 0 Å². The molecular formula is C14H20O2. The first kappa shape index (κ1) is 11.6. The van der Waals surface area contributed by atoms with Crippen molar-refractivity contribution in [3.8, 4) is 0 Å². The third-order valence-corrected chi connectivity index (χ3v) is 3.33. The molecular weight excluding hydrogens is 200 g/mol. The zero-order valence-electron chi connectivity index (χ0n) is 10.2. The van der Waals surface area contributed by atoms with Crippen LogP contribution in [0.15, 0.2) is 12.1 Å². The van der Waals surface area contributed by atoms with Crippen molar-refractivity contribution in [3.05, 3.63) is 34.4 Å². The Balaban J connectivity index is 2.37. The van der Waals surface area contributed by atoms with Crippen LogP contribution in [0.3, 0.4) is 0 Å². The summed E-state index contributed by atoms with van der Waals surface area (Å²) in [6.07, 6.45) is 5.01. The zero-order chi connectivity index (χ0) is 11.4. The Bertz CT molecular complexity index is 323. The fraction of sp³-hybridized carbons (Fsp3) is 0.571. The number of hydrogen-bond donors (Lipinski definition) is 0. The predicted octanol–water partition coefficient (Wildman–Crippen LogP) is 2.86. The number of fused-ring (bicyclic) bond motifs is 1. The summed E-state index contributed by atoms with van der Waals surface area (Å²) in [5, 5.41) is 0. The van der Waals surface area contributed by atoms with Gasteiger partial charge < -0.3 is 9.47 Å². The van der Waals surface area contributed by atoms with Gasteiger partial charge in [0.1, 0.15) is 0 Å². The normalized spacial score (nSPS) is 14.9. The molecule has 0 heterocycles. The van der Waals surface area contributed by atoms with Gasteiger partial charge in [0.25, 0.3) is 0 Å². The molecule has 2 nitrogen and oxygen atoms in total. The second-order valence-corrected chi connectivity index (χ2v) is 4.41. The third-order valence-electron chi connectivity index (χ3n) is 3.33. The Labute approximate surface area is 97.6 Å². The molecule has 0 atom stereocenters. The summed E-state index contributed by atoms with van der Waals surface area (Å²) >= 11 is 0. The van der Waals surface area contributed by atoms with E-state index in [0.29, 0.717) is 0 Å². The second kappa shape index (κ2) is 5.46. The maximum absolute atomic E-state index is 5.26. The SMILES string of the molecule is COCc1ccc(COC)c2c1CCCC2. The first-order chi connectivity index (χ1) is 7.86. The maximum Gasteiger partial charge on any atom is 0.0715 e. The van der Waals surface area contributed by atoms with E-state index in [4.69, 9.17) is 9.47 Å². The molecule has 0 unspecified atom stereocenters. The van der Waals surface area contributed by atoms with Crippen LogP contribution < -0.4 is 0 Å². The fourth-order valence-corrected chi connectivity index (χ4v) is 2.60. The summed E-state index contributed by atoms with van der Waals surface area (Å²) in [4.78, 5) is 0. The summed E-state index contributed by atoms with van der Waals surface area (Å²) in [5.41, 5.74) is 5.75. The van der Waals surface area contributed by atoms with E-state index in [0.717, 1.165) is 13.2 Å². The van der Waals surface area contributed by atoms with Crippen LogP contribution in [0.4, 0.5) is 0 Å². The van der Waals surface area contributed by atoms with Gasteiger partial charge in [0.15, 0.2) is 0 Å². The minimum Gasteiger partial charge on any atom is -0.380 e. The van der Waals surface area contributed by atoms with E-state index in [1.807, 2.05) is 0 Å². The molecule has 88 valence electrons. The van der Waals surface area contributed by atoms with Gasteiger partial charge in [-0.2, -0.15) is 0 Å². The largest absolute Gasteiger partial charge is 0.380 e. The van der Waals surface area contributed by atoms with Crippen molar-refractivity contribution in [2.45, 2.75) is 38.9 Å². The van der Waals surface area contributed by atoms with Crippen LogP contribution in [0.1, 0.15) is 35.1 Å². The zero-order valence-corrected chi connectivity index (χ0v) is 10.2. The fourth-order valence-electron chi connectivity index (χ4n) is 2.60. The average Bonchev–Trinajstić information content (AvgIpc) is 2.33. The number of hydrogen-bond acceptors (Lipinski definition) is 2. The van der Waals surface area contributed by atoms with Gasteiger partial charge in [0, 0.05) is 14.2 Å². The molecule has 0 fully saturated rings. The Kier molecular flexibility index (Phi) is 3.97. The molecule has 1 aliphatic carbocycles. The van der Waals surface area contributed by atoms with E-state index in [1.54, 1.807) is 14.2 Å². The van der Waals surface area contributed by atoms with Gasteiger partial charge >= 0.3 is 0 Å². The molecule has 0 N–H and O–H groups in total. The molecule has 1 aromatic rings. The molecule has 1 aromatic carbocycles. The van der Waals surface area contributed by atoms with Crippen molar-refractivity contribution >= 4 is 0 Å². The Morgan fingerprint density at radius 1 is 0.875 bits per heavy atom. The van der Waals surface area contributed by atoms with Crippen molar-refractivity contribution in [3.63, 3.8) is 0 Å². The molecule has 0 saturated heterocycles. The molecule has 0 saturated carbocycles. The van der Waals surface area contributed by atoms with Gasteiger partial charge in [-0.3, -0.25) is 0 Å². The van der Waals surface area contributed by atoms with E-state index in [9.17, 15) is 0 Å². The average molecular weight is 220 g/mol. The van der Waals surface area contributed by atoms with E-state index in [-0.39, 0.29) is 0 Å². The molecule has 1 aliphatic rings. The quantitative estimate of drug-likeness (QED) is 0.776. The molecule has 0 radical (unpaired) electrons. The summed E-state index contributed by atoms with van der Waals surface area (Å²) < 4.78 is 10.5. The smallest absolute Gasteiger partial charge is 0.0715 e. The molecule has 0 aromatic heterocycles. The highest BCUT2D eigenvalue weighted by molar-refractivity contribution is 5.42.